The number of nitrogens with zero attached hydrogens (tertiary/aromatic N) is 2. The number of amides is 2. The van der Waals surface area contributed by atoms with Crippen molar-refractivity contribution < 1.29 is 23.9 Å². The van der Waals surface area contributed by atoms with E-state index in [0.717, 1.165) is 35.7 Å². The number of imide groups is 1. The standard InChI is InChI=1S/C34H29BrN2O5/c1-19-16-23(35)17-27-28(34(41)42-20(2)31(38)22-8-4-3-5-9-22)18-29(36-30(19)27)21-12-14-24(15-13-21)37-32(39)25-10-6-7-11-26(25)33(37)40/h3-5,8-9,12-18,20,25-26H,6-7,10-11H2,1-2H3. The summed E-state index contributed by atoms with van der Waals surface area (Å²) in [6, 6.07) is 21.2. The van der Waals surface area contributed by atoms with E-state index >= 15 is 0 Å². The zero-order valence-corrected chi connectivity index (χ0v) is 24.9. The Kier molecular flexibility index (Phi) is 7.49. The Hall–Kier alpha value is -4.17. The first-order valence-corrected chi connectivity index (χ1v) is 14.9. The monoisotopic (exact) mass is 624 g/mol. The first-order chi connectivity index (χ1) is 20.2. The fourth-order valence-corrected chi connectivity index (χ4v) is 6.66. The Balaban J connectivity index is 1.33. The Morgan fingerprint density at radius 1 is 0.929 bits per heavy atom. The maximum absolute atomic E-state index is 13.5. The number of esters is 1. The van der Waals surface area contributed by atoms with Gasteiger partial charge >= 0.3 is 5.97 Å². The van der Waals surface area contributed by atoms with Gasteiger partial charge in [0, 0.05) is 21.0 Å². The van der Waals surface area contributed by atoms with Crippen LogP contribution in [0, 0.1) is 18.8 Å². The van der Waals surface area contributed by atoms with Gasteiger partial charge in [0.1, 0.15) is 0 Å². The van der Waals surface area contributed by atoms with Crippen LogP contribution in [0.1, 0.15) is 58.9 Å². The van der Waals surface area contributed by atoms with Crippen LogP contribution in [0.25, 0.3) is 22.2 Å². The summed E-state index contributed by atoms with van der Waals surface area (Å²) >= 11 is 3.51. The van der Waals surface area contributed by atoms with Gasteiger partial charge in [-0.25, -0.2) is 9.78 Å². The van der Waals surface area contributed by atoms with E-state index in [-0.39, 0.29) is 35.0 Å². The van der Waals surface area contributed by atoms with E-state index in [4.69, 9.17) is 9.72 Å². The van der Waals surface area contributed by atoms with E-state index in [9.17, 15) is 19.2 Å². The van der Waals surface area contributed by atoms with Crippen LogP contribution in [0.3, 0.4) is 0 Å². The average molecular weight is 626 g/mol. The third-order valence-corrected chi connectivity index (χ3v) is 8.72. The lowest BCUT2D eigenvalue weighted by molar-refractivity contribution is -0.122. The number of ketones is 1. The number of benzene rings is 3. The number of ether oxygens (including phenoxy) is 1. The van der Waals surface area contributed by atoms with E-state index in [1.165, 1.54) is 4.90 Å². The second-order valence-electron chi connectivity index (χ2n) is 11.0. The molecule has 6 rings (SSSR count). The number of rotatable bonds is 6. The summed E-state index contributed by atoms with van der Waals surface area (Å²) in [5, 5.41) is 0.600. The predicted octanol–water partition coefficient (Wildman–Crippen LogP) is 7.08. The van der Waals surface area contributed by atoms with Crippen molar-refractivity contribution in [2.24, 2.45) is 11.8 Å². The zero-order chi connectivity index (χ0) is 29.5. The number of fused-ring (bicyclic) bond motifs is 2. The molecule has 1 saturated heterocycles. The van der Waals surface area contributed by atoms with Gasteiger partial charge in [-0.15, -0.1) is 0 Å². The van der Waals surface area contributed by atoms with Crippen LogP contribution in [0.4, 0.5) is 5.69 Å². The van der Waals surface area contributed by atoms with Crippen LogP contribution in [0.5, 0.6) is 0 Å². The highest BCUT2D eigenvalue weighted by atomic mass is 79.9. The molecule has 42 heavy (non-hydrogen) atoms. The number of aryl methyl sites for hydroxylation is 1. The molecule has 8 heteroatoms. The van der Waals surface area contributed by atoms with Gasteiger partial charge < -0.3 is 4.74 Å². The molecule has 3 aromatic carbocycles. The van der Waals surface area contributed by atoms with Gasteiger partial charge in [-0.1, -0.05) is 71.2 Å². The Morgan fingerprint density at radius 2 is 1.57 bits per heavy atom. The maximum Gasteiger partial charge on any atom is 0.339 e. The van der Waals surface area contributed by atoms with Gasteiger partial charge in [0.05, 0.1) is 34.3 Å². The molecule has 3 atom stereocenters. The predicted molar refractivity (Wildman–Crippen MR) is 163 cm³/mol. The highest BCUT2D eigenvalue weighted by molar-refractivity contribution is 9.10. The number of pyridine rings is 1. The molecule has 0 radical (unpaired) electrons. The summed E-state index contributed by atoms with van der Waals surface area (Å²) in [6.45, 7) is 3.47. The van der Waals surface area contributed by atoms with Crippen LogP contribution in [-0.4, -0.2) is 34.7 Å². The molecule has 7 nitrogen and oxygen atoms in total. The lowest BCUT2D eigenvalue weighted by atomic mass is 9.81. The number of Topliss-reactive ketones (excluding diaryl/α,β-unsaturated/α-hetero) is 1. The highest BCUT2D eigenvalue weighted by Crippen LogP contribution is 2.40. The number of anilines is 1. The Labute approximate surface area is 252 Å². The molecule has 1 aliphatic carbocycles. The normalized spacial score (nSPS) is 19.1. The van der Waals surface area contributed by atoms with E-state index in [0.29, 0.717) is 33.4 Å². The highest BCUT2D eigenvalue weighted by Gasteiger charge is 2.48. The van der Waals surface area contributed by atoms with Crippen LogP contribution >= 0.6 is 15.9 Å². The molecule has 1 aromatic heterocycles. The van der Waals surface area contributed by atoms with Gasteiger partial charge in [-0.3, -0.25) is 19.3 Å². The van der Waals surface area contributed by atoms with E-state index in [2.05, 4.69) is 15.9 Å². The van der Waals surface area contributed by atoms with Gasteiger partial charge in [-0.05, 0) is 62.6 Å². The largest absolute Gasteiger partial charge is 0.451 e. The second kappa shape index (κ2) is 11.2. The summed E-state index contributed by atoms with van der Waals surface area (Å²) in [6.07, 6.45) is 2.48. The topological polar surface area (TPSA) is 93.6 Å². The SMILES string of the molecule is Cc1cc(Br)cc2c(C(=O)OC(C)C(=O)c3ccccc3)cc(-c3ccc(N4C(=O)C5CCCCC5C4=O)cc3)nc12. The molecule has 2 amide bonds. The first-order valence-electron chi connectivity index (χ1n) is 14.1. The van der Waals surface area contributed by atoms with Crippen molar-refractivity contribution in [2.75, 3.05) is 4.90 Å². The quantitative estimate of drug-likeness (QED) is 0.129. The van der Waals surface area contributed by atoms with Crippen molar-refractivity contribution in [3.8, 4) is 11.3 Å². The van der Waals surface area contributed by atoms with Crippen molar-refractivity contribution in [3.05, 3.63) is 94.0 Å². The molecule has 3 unspecified atom stereocenters. The van der Waals surface area contributed by atoms with E-state index < -0.39 is 12.1 Å². The number of carbonyl (C=O) groups is 4. The minimum atomic E-state index is -0.988. The average Bonchev–Trinajstić information content (AvgIpc) is 3.26. The summed E-state index contributed by atoms with van der Waals surface area (Å²) in [5.41, 5.74) is 4.01. The number of hydrogen-bond donors (Lipinski definition) is 0. The third-order valence-electron chi connectivity index (χ3n) is 8.26. The van der Waals surface area contributed by atoms with Crippen molar-refractivity contribution in [1.29, 1.82) is 0 Å². The molecule has 1 saturated carbocycles. The smallest absolute Gasteiger partial charge is 0.339 e. The molecule has 4 aromatic rings. The molecular formula is C34H29BrN2O5. The molecule has 0 bridgehead atoms. The molecule has 0 N–H and O–H groups in total. The summed E-state index contributed by atoms with van der Waals surface area (Å²) in [4.78, 5) is 58.8. The second-order valence-corrected chi connectivity index (χ2v) is 11.9. The molecule has 1 aliphatic heterocycles. The number of halogens is 1. The molecule has 2 aliphatic rings. The molecule has 2 heterocycles. The maximum atomic E-state index is 13.5. The van der Waals surface area contributed by atoms with Gasteiger partial charge in [-0.2, -0.15) is 0 Å². The van der Waals surface area contributed by atoms with E-state index in [1.54, 1.807) is 61.5 Å². The van der Waals surface area contributed by atoms with Crippen LogP contribution in [-0.2, 0) is 14.3 Å². The Morgan fingerprint density at radius 3 is 2.21 bits per heavy atom. The fourth-order valence-electron chi connectivity index (χ4n) is 6.09. The minimum absolute atomic E-state index is 0.119. The fraction of sp³-hybridized carbons (Fsp3) is 0.265. The number of carbonyl (C=O) groups excluding carboxylic acids is 4. The van der Waals surface area contributed by atoms with E-state index in [1.807, 2.05) is 25.1 Å². The number of aromatic nitrogens is 1. The van der Waals surface area contributed by atoms with Crippen molar-refractivity contribution >= 4 is 56.1 Å². The Bertz CT molecular complexity index is 1710. The molecular weight excluding hydrogens is 596 g/mol. The van der Waals surface area contributed by atoms with Gasteiger partial charge in [0.15, 0.2) is 6.10 Å². The van der Waals surface area contributed by atoms with Gasteiger partial charge in [0.2, 0.25) is 17.6 Å². The van der Waals surface area contributed by atoms with Crippen molar-refractivity contribution in [1.82, 2.24) is 4.98 Å². The zero-order valence-electron chi connectivity index (χ0n) is 23.3. The lowest BCUT2D eigenvalue weighted by Gasteiger charge is -2.19. The lowest BCUT2D eigenvalue weighted by Crippen LogP contribution is -2.30. The first kappa shape index (κ1) is 28.0. The summed E-state index contributed by atoms with van der Waals surface area (Å²) < 4.78 is 6.46. The summed E-state index contributed by atoms with van der Waals surface area (Å²) in [5.74, 6) is -1.61. The van der Waals surface area contributed by atoms with Crippen LogP contribution in [0.2, 0.25) is 0 Å². The molecule has 212 valence electrons. The van der Waals surface area contributed by atoms with Crippen LogP contribution in [0.15, 0.2) is 77.3 Å². The minimum Gasteiger partial charge on any atom is -0.451 e. The van der Waals surface area contributed by atoms with Crippen molar-refractivity contribution in [3.63, 3.8) is 0 Å². The van der Waals surface area contributed by atoms with Gasteiger partial charge in [0.25, 0.3) is 0 Å². The number of hydrogen-bond acceptors (Lipinski definition) is 6. The van der Waals surface area contributed by atoms with Crippen LogP contribution < -0.4 is 4.90 Å². The summed E-state index contributed by atoms with van der Waals surface area (Å²) in [7, 11) is 0. The third kappa shape index (κ3) is 5.04. The molecule has 2 fully saturated rings. The van der Waals surface area contributed by atoms with Crippen molar-refractivity contribution in [2.45, 2.75) is 45.6 Å². The molecule has 0 spiro atoms.